The molecule has 17 heavy (non-hydrogen) atoms. The predicted molar refractivity (Wildman–Crippen MR) is 62.1 cm³/mol. The molecule has 1 amide bonds. The fourth-order valence-electron chi connectivity index (χ4n) is 1.95. The second-order valence-corrected chi connectivity index (χ2v) is 4.39. The fraction of sp³-hybridized carbons (Fsp3) is 0.545. The van der Waals surface area contributed by atoms with E-state index in [0.717, 1.165) is 19.3 Å². The lowest BCUT2D eigenvalue weighted by Gasteiger charge is -2.32. The molecule has 1 aromatic heterocycles. The molecular formula is C11H16N4O2. The Morgan fingerprint density at radius 3 is 2.82 bits per heavy atom. The highest BCUT2D eigenvalue weighted by molar-refractivity contribution is 5.96. The van der Waals surface area contributed by atoms with Gasteiger partial charge in [0.2, 0.25) is 0 Å². The number of ether oxygens (including phenoxy) is 1. The van der Waals surface area contributed by atoms with Crippen LogP contribution in [-0.4, -0.2) is 22.5 Å². The molecule has 0 aliphatic carbocycles. The smallest absolute Gasteiger partial charge is 0.254 e. The van der Waals surface area contributed by atoms with Gasteiger partial charge in [0, 0.05) is 12.8 Å². The van der Waals surface area contributed by atoms with Crippen LogP contribution in [0, 0.1) is 0 Å². The van der Waals surface area contributed by atoms with Crippen LogP contribution in [0.5, 0.6) is 0 Å². The van der Waals surface area contributed by atoms with Crippen molar-refractivity contribution >= 4 is 11.7 Å². The van der Waals surface area contributed by atoms with E-state index >= 15 is 0 Å². The molecule has 0 radical (unpaired) electrons. The first-order chi connectivity index (χ1) is 8.03. The van der Waals surface area contributed by atoms with Gasteiger partial charge in [0.15, 0.2) is 5.82 Å². The molecule has 1 saturated heterocycles. The van der Waals surface area contributed by atoms with E-state index in [-0.39, 0.29) is 11.4 Å². The third-order valence-corrected chi connectivity index (χ3v) is 3.03. The molecule has 6 heteroatoms. The molecule has 2 rings (SSSR count). The molecule has 0 spiro atoms. The molecule has 0 aromatic carbocycles. The Bertz CT molecular complexity index is 441. The first-order valence-corrected chi connectivity index (χ1v) is 5.60. The molecule has 2 heterocycles. The molecule has 92 valence electrons. The van der Waals surface area contributed by atoms with Crippen molar-refractivity contribution in [2.45, 2.75) is 31.8 Å². The Morgan fingerprint density at radius 2 is 2.29 bits per heavy atom. The Balaban J connectivity index is 2.33. The molecule has 1 fully saturated rings. The van der Waals surface area contributed by atoms with Gasteiger partial charge in [-0.15, -0.1) is 0 Å². The average molecular weight is 236 g/mol. The van der Waals surface area contributed by atoms with Crippen molar-refractivity contribution in [2.24, 2.45) is 5.73 Å². The number of aromatic nitrogens is 2. The van der Waals surface area contributed by atoms with Crippen molar-refractivity contribution in [2.75, 3.05) is 12.3 Å². The summed E-state index contributed by atoms with van der Waals surface area (Å²) in [5, 5.41) is 0. The summed E-state index contributed by atoms with van der Waals surface area (Å²) in [7, 11) is 0. The maximum absolute atomic E-state index is 11.0. The summed E-state index contributed by atoms with van der Waals surface area (Å²) in [5.74, 6) is 0.00126. The number of nitrogens with two attached hydrogens (primary N) is 2. The van der Waals surface area contributed by atoms with Crippen LogP contribution < -0.4 is 11.5 Å². The van der Waals surface area contributed by atoms with Crippen LogP contribution in [0.4, 0.5) is 5.82 Å². The van der Waals surface area contributed by atoms with E-state index in [1.165, 1.54) is 6.20 Å². The van der Waals surface area contributed by atoms with Gasteiger partial charge in [-0.2, -0.15) is 0 Å². The van der Waals surface area contributed by atoms with Crippen LogP contribution in [0.2, 0.25) is 0 Å². The Hall–Kier alpha value is -1.69. The Morgan fingerprint density at radius 1 is 1.53 bits per heavy atom. The molecule has 0 bridgehead atoms. The molecular weight excluding hydrogens is 220 g/mol. The lowest BCUT2D eigenvalue weighted by molar-refractivity contribution is -0.0759. The Kier molecular flexibility index (Phi) is 2.97. The number of carbonyl (C=O) groups is 1. The van der Waals surface area contributed by atoms with Crippen LogP contribution in [0.15, 0.2) is 6.20 Å². The molecule has 0 saturated carbocycles. The molecule has 1 aromatic rings. The predicted octanol–water partition coefficient (Wildman–Crippen LogP) is 0.573. The number of hydrogen-bond donors (Lipinski definition) is 2. The van der Waals surface area contributed by atoms with E-state index in [0.29, 0.717) is 12.4 Å². The lowest BCUT2D eigenvalue weighted by atomic mass is 9.95. The number of anilines is 1. The van der Waals surface area contributed by atoms with Crippen molar-refractivity contribution in [3.8, 4) is 0 Å². The molecule has 1 aliphatic rings. The molecule has 1 unspecified atom stereocenters. The first kappa shape index (κ1) is 11.8. The topological polar surface area (TPSA) is 104 Å². The van der Waals surface area contributed by atoms with Crippen molar-refractivity contribution in [1.29, 1.82) is 0 Å². The van der Waals surface area contributed by atoms with E-state index in [2.05, 4.69) is 9.97 Å². The third kappa shape index (κ3) is 2.21. The zero-order valence-corrected chi connectivity index (χ0v) is 9.77. The van der Waals surface area contributed by atoms with Crippen molar-refractivity contribution < 1.29 is 9.53 Å². The van der Waals surface area contributed by atoms with Crippen LogP contribution in [0.25, 0.3) is 0 Å². The lowest BCUT2D eigenvalue weighted by Crippen LogP contribution is -2.33. The van der Waals surface area contributed by atoms with Crippen molar-refractivity contribution in [1.82, 2.24) is 9.97 Å². The van der Waals surface area contributed by atoms with E-state index in [1.807, 2.05) is 6.92 Å². The fourth-order valence-corrected chi connectivity index (χ4v) is 1.95. The largest absolute Gasteiger partial charge is 0.383 e. The summed E-state index contributed by atoms with van der Waals surface area (Å²) in [6, 6.07) is 0. The minimum absolute atomic E-state index is 0.109. The van der Waals surface area contributed by atoms with Gasteiger partial charge in [0.05, 0.1) is 5.56 Å². The van der Waals surface area contributed by atoms with E-state index < -0.39 is 11.5 Å². The van der Waals surface area contributed by atoms with Gasteiger partial charge in [-0.1, -0.05) is 0 Å². The van der Waals surface area contributed by atoms with Gasteiger partial charge in [-0.05, 0) is 26.2 Å². The minimum Gasteiger partial charge on any atom is -0.383 e. The van der Waals surface area contributed by atoms with Crippen molar-refractivity contribution in [3.05, 3.63) is 17.6 Å². The number of rotatable bonds is 2. The van der Waals surface area contributed by atoms with E-state index in [9.17, 15) is 4.79 Å². The van der Waals surface area contributed by atoms with Crippen molar-refractivity contribution in [3.63, 3.8) is 0 Å². The summed E-state index contributed by atoms with van der Waals surface area (Å²) < 4.78 is 5.71. The molecule has 1 atom stereocenters. The zero-order valence-electron chi connectivity index (χ0n) is 9.77. The summed E-state index contributed by atoms with van der Waals surface area (Å²) in [4.78, 5) is 19.3. The zero-order chi connectivity index (χ0) is 12.5. The second kappa shape index (κ2) is 4.29. The summed E-state index contributed by atoms with van der Waals surface area (Å²) >= 11 is 0. The first-order valence-electron chi connectivity index (χ1n) is 5.60. The van der Waals surface area contributed by atoms with E-state index in [4.69, 9.17) is 16.2 Å². The van der Waals surface area contributed by atoms with Gasteiger partial charge in [-0.3, -0.25) is 4.79 Å². The normalized spacial score (nSPS) is 24.5. The molecule has 4 N–H and O–H groups in total. The monoisotopic (exact) mass is 236 g/mol. The van der Waals surface area contributed by atoms with Crippen LogP contribution in [0.1, 0.15) is 42.4 Å². The average Bonchev–Trinajstić information content (AvgIpc) is 2.29. The Labute approximate surface area is 99.4 Å². The van der Waals surface area contributed by atoms with Gasteiger partial charge in [0.1, 0.15) is 11.4 Å². The number of nitrogens with zero attached hydrogens (tertiary/aromatic N) is 2. The maximum atomic E-state index is 11.0. The van der Waals surface area contributed by atoms with Crippen LogP contribution >= 0.6 is 0 Å². The number of primary amides is 1. The molecule has 6 nitrogen and oxygen atoms in total. The van der Waals surface area contributed by atoms with E-state index in [1.54, 1.807) is 0 Å². The number of amides is 1. The van der Waals surface area contributed by atoms with Gasteiger partial charge in [-0.25, -0.2) is 9.97 Å². The van der Waals surface area contributed by atoms with Gasteiger partial charge < -0.3 is 16.2 Å². The van der Waals surface area contributed by atoms with Crippen LogP contribution in [0.3, 0.4) is 0 Å². The summed E-state index contributed by atoms with van der Waals surface area (Å²) in [5.41, 5.74) is 10.5. The summed E-state index contributed by atoms with van der Waals surface area (Å²) in [6.45, 7) is 2.63. The highest BCUT2D eigenvalue weighted by Crippen LogP contribution is 2.32. The van der Waals surface area contributed by atoms with Gasteiger partial charge >= 0.3 is 0 Å². The summed E-state index contributed by atoms with van der Waals surface area (Å²) in [6.07, 6.45) is 4.33. The quantitative estimate of drug-likeness (QED) is 0.781. The minimum atomic E-state index is -0.622. The number of hydrogen-bond acceptors (Lipinski definition) is 5. The second-order valence-electron chi connectivity index (χ2n) is 4.39. The highest BCUT2D eigenvalue weighted by atomic mass is 16.5. The third-order valence-electron chi connectivity index (χ3n) is 3.03. The van der Waals surface area contributed by atoms with Crippen LogP contribution in [-0.2, 0) is 10.3 Å². The number of carbonyl (C=O) groups excluding carboxylic acids is 1. The molecule has 1 aliphatic heterocycles. The SMILES string of the molecule is CC1(c2ncc(C(N)=O)c(N)n2)CCCCO1. The maximum Gasteiger partial charge on any atom is 0.254 e. The number of nitrogen functional groups attached to an aromatic ring is 1. The van der Waals surface area contributed by atoms with Gasteiger partial charge in [0.25, 0.3) is 5.91 Å². The highest BCUT2D eigenvalue weighted by Gasteiger charge is 2.33. The standard InChI is InChI=1S/C11H16N4O2/c1-11(4-2-3-5-17-11)10-14-6-7(9(13)16)8(12)15-10/h6H,2-5H2,1H3,(H2,13,16)(H2,12,14,15).